The third-order valence-corrected chi connectivity index (χ3v) is 1.16. The van der Waals surface area contributed by atoms with Gasteiger partial charge in [0, 0.05) is 11.7 Å². The van der Waals surface area contributed by atoms with Gasteiger partial charge in [-0.15, -0.1) is 0 Å². The average Bonchev–Trinajstić information content (AvgIpc) is 1.82. The van der Waals surface area contributed by atoms with Crippen LogP contribution >= 0.6 is 0 Å². The summed E-state index contributed by atoms with van der Waals surface area (Å²) in [6.45, 7) is 12.4. The van der Waals surface area contributed by atoms with Crippen LogP contribution in [0.5, 0.6) is 0 Å². The molecule has 1 N–H and O–H groups in total. The molecule has 1 nitrogen and oxygen atoms in total. The number of nitrogens with one attached hydrogen (secondary N) is 1. The second-order valence-corrected chi connectivity index (χ2v) is 3.43. The van der Waals surface area contributed by atoms with Crippen LogP contribution < -0.4 is 5.32 Å². The largest absolute Gasteiger partial charge is 0.383 e. The molecule has 0 amide bonds. The van der Waals surface area contributed by atoms with Crippen molar-refractivity contribution < 1.29 is 0 Å². The number of hydrogen-bond acceptors (Lipinski definition) is 1. The lowest BCUT2D eigenvalue weighted by atomic mass is 10.2. The van der Waals surface area contributed by atoms with Gasteiger partial charge in [-0.3, -0.25) is 0 Å². The molecule has 0 aromatic carbocycles. The number of hydrogen-bond donors (Lipinski definition) is 1. The van der Waals surface area contributed by atoms with E-state index >= 15 is 0 Å². The Bertz CT molecular complexity index is 143. The molecule has 0 rings (SSSR count). The minimum atomic E-state index is 0.472. The van der Waals surface area contributed by atoms with Gasteiger partial charge in [0.05, 0.1) is 0 Å². The van der Waals surface area contributed by atoms with Crippen molar-refractivity contribution in [3.63, 3.8) is 0 Å². The lowest BCUT2D eigenvalue weighted by Crippen LogP contribution is -2.20. The van der Waals surface area contributed by atoms with E-state index in [1.807, 2.05) is 6.08 Å². The molecule has 0 heterocycles. The summed E-state index contributed by atoms with van der Waals surface area (Å²) >= 11 is 0. The Morgan fingerprint density at radius 2 is 1.82 bits per heavy atom. The zero-order chi connectivity index (χ0) is 8.85. The molecule has 0 bridgehead atoms. The Balaban J connectivity index is 3.69. The SMILES string of the molecule is C=C(/C=C/C(C)C)NC(C)C. The monoisotopic (exact) mass is 153 g/mol. The van der Waals surface area contributed by atoms with E-state index < -0.39 is 0 Å². The summed E-state index contributed by atoms with van der Waals surface area (Å²) in [6.07, 6.45) is 4.17. The van der Waals surface area contributed by atoms with Crippen LogP contribution in [-0.2, 0) is 0 Å². The van der Waals surface area contributed by atoms with Crippen molar-refractivity contribution in [3.8, 4) is 0 Å². The van der Waals surface area contributed by atoms with Crippen LogP contribution in [0.4, 0.5) is 0 Å². The van der Waals surface area contributed by atoms with Gasteiger partial charge in [-0.05, 0) is 25.8 Å². The van der Waals surface area contributed by atoms with Gasteiger partial charge in [0.25, 0.3) is 0 Å². The Morgan fingerprint density at radius 3 is 2.18 bits per heavy atom. The van der Waals surface area contributed by atoms with Crippen molar-refractivity contribution in [2.45, 2.75) is 33.7 Å². The first-order valence-corrected chi connectivity index (χ1v) is 4.16. The maximum atomic E-state index is 3.87. The first-order chi connectivity index (χ1) is 5.02. The summed E-state index contributed by atoms with van der Waals surface area (Å²) in [5.41, 5.74) is 0.994. The summed E-state index contributed by atoms with van der Waals surface area (Å²) in [6, 6.07) is 0.472. The maximum absolute atomic E-state index is 3.87. The summed E-state index contributed by atoms with van der Waals surface area (Å²) in [5, 5.41) is 3.22. The Labute approximate surface area is 70.2 Å². The first kappa shape index (κ1) is 10.3. The van der Waals surface area contributed by atoms with Crippen LogP contribution in [-0.4, -0.2) is 6.04 Å². The molecule has 0 aliphatic heterocycles. The zero-order valence-electron chi connectivity index (χ0n) is 8.02. The van der Waals surface area contributed by atoms with Crippen LogP contribution in [0, 0.1) is 5.92 Å². The van der Waals surface area contributed by atoms with Crippen molar-refractivity contribution >= 4 is 0 Å². The van der Waals surface area contributed by atoms with Crippen LogP contribution in [0.2, 0.25) is 0 Å². The van der Waals surface area contributed by atoms with E-state index in [0.717, 1.165) is 5.70 Å². The second kappa shape index (κ2) is 5.00. The third-order valence-electron chi connectivity index (χ3n) is 1.16. The molecule has 0 aliphatic rings. The highest BCUT2D eigenvalue weighted by Crippen LogP contribution is 1.97. The molecule has 0 spiro atoms. The minimum absolute atomic E-state index is 0.472. The fraction of sp³-hybridized carbons (Fsp3) is 0.600. The zero-order valence-corrected chi connectivity index (χ0v) is 8.02. The molecular formula is C10H19N. The van der Waals surface area contributed by atoms with E-state index in [9.17, 15) is 0 Å². The molecule has 11 heavy (non-hydrogen) atoms. The fourth-order valence-corrected chi connectivity index (χ4v) is 0.728. The highest BCUT2D eigenvalue weighted by molar-refractivity contribution is 5.13. The summed E-state index contributed by atoms with van der Waals surface area (Å²) < 4.78 is 0. The predicted octanol–water partition coefficient (Wildman–Crippen LogP) is 2.71. The Morgan fingerprint density at radius 1 is 1.27 bits per heavy atom. The average molecular weight is 153 g/mol. The minimum Gasteiger partial charge on any atom is -0.383 e. The van der Waals surface area contributed by atoms with Crippen molar-refractivity contribution in [3.05, 3.63) is 24.4 Å². The summed E-state index contributed by atoms with van der Waals surface area (Å²) in [4.78, 5) is 0. The lowest BCUT2D eigenvalue weighted by Gasteiger charge is -2.08. The second-order valence-electron chi connectivity index (χ2n) is 3.43. The van der Waals surface area contributed by atoms with Crippen molar-refractivity contribution in [2.75, 3.05) is 0 Å². The Hall–Kier alpha value is -0.720. The normalized spacial score (nSPS) is 11.5. The first-order valence-electron chi connectivity index (χ1n) is 4.16. The molecule has 0 fully saturated rings. The van der Waals surface area contributed by atoms with Gasteiger partial charge in [-0.25, -0.2) is 0 Å². The van der Waals surface area contributed by atoms with Crippen LogP contribution in [0.1, 0.15) is 27.7 Å². The topological polar surface area (TPSA) is 12.0 Å². The molecule has 0 atom stereocenters. The predicted molar refractivity (Wildman–Crippen MR) is 51.4 cm³/mol. The van der Waals surface area contributed by atoms with Crippen molar-refractivity contribution in [1.29, 1.82) is 0 Å². The molecule has 0 aromatic rings. The van der Waals surface area contributed by atoms with E-state index in [0.29, 0.717) is 12.0 Å². The number of allylic oxidation sites excluding steroid dienone is 2. The molecule has 0 radical (unpaired) electrons. The van der Waals surface area contributed by atoms with E-state index in [1.165, 1.54) is 0 Å². The van der Waals surface area contributed by atoms with E-state index in [1.54, 1.807) is 0 Å². The van der Waals surface area contributed by atoms with Gasteiger partial charge in [0.15, 0.2) is 0 Å². The van der Waals surface area contributed by atoms with Crippen LogP contribution in [0.3, 0.4) is 0 Å². The molecular weight excluding hydrogens is 134 g/mol. The maximum Gasteiger partial charge on any atom is 0.0265 e. The summed E-state index contributed by atoms with van der Waals surface area (Å²) in [5.74, 6) is 0.598. The molecule has 0 saturated carbocycles. The molecule has 1 heteroatoms. The molecule has 0 aromatic heterocycles. The van der Waals surface area contributed by atoms with Gasteiger partial charge in [0.1, 0.15) is 0 Å². The molecule has 0 unspecified atom stereocenters. The van der Waals surface area contributed by atoms with Gasteiger partial charge < -0.3 is 5.32 Å². The smallest absolute Gasteiger partial charge is 0.0265 e. The third kappa shape index (κ3) is 7.17. The van der Waals surface area contributed by atoms with E-state index in [-0.39, 0.29) is 0 Å². The molecule has 0 aliphatic carbocycles. The van der Waals surface area contributed by atoms with Crippen molar-refractivity contribution in [2.24, 2.45) is 5.92 Å². The standard InChI is InChI=1S/C10H19N/c1-8(2)6-7-10(5)11-9(3)4/h6-9,11H,5H2,1-4H3/b7-6+. The van der Waals surface area contributed by atoms with E-state index in [4.69, 9.17) is 0 Å². The van der Waals surface area contributed by atoms with Gasteiger partial charge in [-0.2, -0.15) is 0 Å². The van der Waals surface area contributed by atoms with Gasteiger partial charge >= 0.3 is 0 Å². The van der Waals surface area contributed by atoms with E-state index in [2.05, 4.69) is 45.7 Å². The summed E-state index contributed by atoms with van der Waals surface area (Å²) in [7, 11) is 0. The van der Waals surface area contributed by atoms with Gasteiger partial charge in [-0.1, -0.05) is 26.5 Å². The Kier molecular flexibility index (Phi) is 4.67. The van der Waals surface area contributed by atoms with Crippen LogP contribution in [0.15, 0.2) is 24.4 Å². The number of rotatable bonds is 4. The molecule has 0 saturated heterocycles. The fourth-order valence-electron chi connectivity index (χ4n) is 0.728. The highest BCUT2D eigenvalue weighted by Gasteiger charge is 1.91. The highest BCUT2D eigenvalue weighted by atomic mass is 14.9. The lowest BCUT2D eigenvalue weighted by molar-refractivity contribution is 0.681. The van der Waals surface area contributed by atoms with Crippen molar-refractivity contribution in [1.82, 2.24) is 5.32 Å². The quantitative estimate of drug-likeness (QED) is 0.612. The molecule has 64 valence electrons. The van der Waals surface area contributed by atoms with Gasteiger partial charge in [0.2, 0.25) is 0 Å². The van der Waals surface area contributed by atoms with Crippen LogP contribution in [0.25, 0.3) is 0 Å².